The third-order valence-electron chi connectivity index (χ3n) is 5.49. The van der Waals surface area contributed by atoms with Crippen LogP contribution >= 0.6 is 11.3 Å². The first-order chi connectivity index (χ1) is 18.4. The molecule has 0 saturated carbocycles. The zero-order valence-corrected chi connectivity index (χ0v) is 22.5. The highest BCUT2D eigenvalue weighted by Crippen LogP contribution is 2.27. The molecule has 1 saturated heterocycles. The molecule has 1 aliphatic rings. The number of esters is 1. The number of hydrogen-bond acceptors (Lipinski definition) is 8. The summed E-state index contributed by atoms with van der Waals surface area (Å²) >= 11 is 1.70. The molecule has 9 nitrogen and oxygen atoms in total. The smallest absolute Gasteiger partial charge is 0.337 e. The largest absolute Gasteiger partial charge is 0.467 e. The maximum atomic E-state index is 12.9. The lowest BCUT2D eigenvalue weighted by Crippen LogP contribution is -2.34. The minimum atomic E-state index is -0.264. The molecule has 2 atom stereocenters. The Morgan fingerprint density at radius 2 is 1.84 bits per heavy atom. The van der Waals surface area contributed by atoms with Crippen molar-refractivity contribution in [2.24, 2.45) is 0 Å². The Balaban J connectivity index is 0.000000481. The van der Waals surface area contributed by atoms with Crippen LogP contribution in [0.3, 0.4) is 0 Å². The summed E-state index contributed by atoms with van der Waals surface area (Å²) in [5.74, 6) is -0.509. The Morgan fingerprint density at radius 1 is 1.11 bits per heavy atom. The van der Waals surface area contributed by atoms with Gasteiger partial charge >= 0.3 is 5.97 Å². The van der Waals surface area contributed by atoms with Crippen LogP contribution in [0.25, 0.3) is 10.4 Å². The molecule has 10 heteroatoms. The van der Waals surface area contributed by atoms with E-state index in [-0.39, 0.29) is 29.9 Å². The van der Waals surface area contributed by atoms with Crippen LogP contribution in [-0.2, 0) is 30.3 Å². The zero-order valence-electron chi connectivity index (χ0n) is 21.7. The van der Waals surface area contributed by atoms with Crippen molar-refractivity contribution in [2.75, 3.05) is 20.8 Å². The standard InChI is InChI=1S/C23H25N3O2S.C4H6O3.CH2O/c1-16(18-8-5-9-19(15-18)21-11-6-14-29-21)25-23(28)20-10-4-3-7-17(20)12-13-22(27)26-24-2;1-6-4(5)3-2-7-3;1-2/h3-11,14-16,24H,12-13H2,1-2H3,(H,25,28)(H,26,27);3H,2H2,1H3;1H2. The van der Waals surface area contributed by atoms with Gasteiger partial charge < -0.3 is 19.6 Å². The van der Waals surface area contributed by atoms with E-state index in [0.29, 0.717) is 25.0 Å². The Kier molecular flexibility index (Phi) is 12.8. The van der Waals surface area contributed by atoms with Gasteiger partial charge in [-0.15, -0.1) is 11.3 Å². The van der Waals surface area contributed by atoms with E-state index < -0.39 is 0 Å². The normalized spacial score (nSPS) is 13.9. The number of epoxide rings is 1. The van der Waals surface area contributed by atoms with Gasteiger partial charge in [0.15, 0.2) is 6.10 Å². The molecule has 38 heavy (non-hydrogen) atoms. The van der Waals surface area contributed by atoms with Crippen LogP contribution in [0, 0.1) is 0 Å². The maximum absolute atomic E-state index is 12.9. The van der Waals surface area contributed by atoms with Crippen LogP contribution in [0.1, 0.15) is 40.9 Å². The molecule has 2 unspecified atom stereocenters. The van der Waals surface area contributed by atoms with Crippen LogP contribution in [-0.4, -0.2) is 51.4 Å². The quantitative estimate of drug-likeness (QED) is 0.216. The molecule has 0 spiro atoms. The van der Waals surface area contributed by atoms with Gasteiger partial charge in [0.2, 0.25) is 5.91 Å². The summed E-state index contributed by atoms with van der Waals surface area (Å²) in [7, 11) is 3.00. The van der Waals surface area contributed by atoms with E-state index in [0.717, 1.165) is 16.7 Å². The molecule has 202 valence electrons. The van der Waals surface area contributed by atoms with Gasteiger partial charge in [0.05, 0.1) is 19.8 Å². The Morgan fingerprint density at radius 3 is 2.45 bits per heavy atom. The molecule has 0 aliphatic carbocycles. The Labute approximate surface area is 226 Å². The third kappa shape index (κ3) is 9.55. The van der Waals surface area contributed by atoms with E-state index in [1.807, 2.05) is 50.1 Å². The molecule has 3 aromatic rings. The fourth-order valence-corrected chi connectivity index (χ4v) is 4.21. The van der Waals surface area contributed by atoms with Crippen LogP contribution < -0.4 is 16.2 Å². The van der Waals surface area contributed by atoms with Gasteiger partial charge in [-0.25, -0.2) is 10.2 Å². The van der Waals surface area contributed by atoms with Gasteiger partial charge in [-0.1, -0.05) is 42.5 Å². The summed E-state index contributed by atoms with van der Waals surface area (Å²) in [6, 6.07) is 19.6. The van der Waals surface area contributed by atoms with Crippen molar-refractivity contribution in [2.45, 2.75) is 31.9 Å². The van der Waals surface area contributed by atoms with Crippen molar-refractivity contribution in [1.82, 2.24) is 16.2 Å². The van der Waals surface area contributed by atoms with Crippen molar-refractivity contribution in [3.63, 3.8) is 0 Å². The maximum Gasteiger partial charge on any atom is 0.337 e. The van der Waals surface area contributed by atoms with Gasteiger partial charge in [-0.05, 0) is 53.6 Å². The molecule has 1 aromatic heterocycles. The van der Waals surface area contributed by atoms with Crippen LogP contribution in [0.15, 0.2) is 66.0 Å². The lowest BCUT2D eigenvalue weighted by Gasteiger charge is -2.17. The van der Waals surface area contributed by atoms with Gasteiger partial charge in [0, 0.05) is 23.9 Å². The number of amides is 2. The van der Waals surface area contributed by atoms with Crippen molar-refractivity contribution < 1.29 is 28.7 Å². The highest BCUT2D eigenvalue weighted by atomic mass is 32.1. The summed E-state index contributed by atoms with van der Waals surface area (Å²) in [6.45, 7) is 4.51. The van der Waals surface area contributed by atoms with Crippen molar-refractivity contribution in [3.8, 4) is 10.4 Å². The molecule has 1 aliphatic heterocycles. The SMILES string of the molecule is C=O.CNNC(=O)CCc1ccccc1C(=O)NC(C)c1cccc(-c2cccs2)c1.COC(=O)C1CO1. The van der Waals surface area contributed by atoms with Gasteiger partial charge in [0.1, 0.15) is 6.79 Å². The van der Waals surface area contributed by atoms with Crippen molar-refractivity contribution in [1.29, 1.82) is 0 Å². The molecule has 0 radical (unpaired) electrons. The molecule has 4 rings (SSSR count). The van der Waals surface area contributed by atoms with E-state index in [9.17, 15) is 14.4 Å². The van der Waals surface area contributed by atoms with E-state index in [1.165, 1.54) is 12.0 Å². The van der Waals surface area contributed by atoms with Gasteiger partial charge in [0.25, 0.3) is 5.91 Å². The number of benzene rings is 2. The molecule has 2 amide bonds. The number of hydrazine groups is 1. The number of thiophene rings is 1. The van der Waals surface area contributed by atoms with Gasteiger partial charge in [-0.3, -0.25) is 15.0 Å². The second-order valence-corrected chi connectivity index (χ2v) is 9.05. The summed E-state index contributed by atoms with van der Waals surface area (Å²) in [5.41, 5.74) is 8.83. The number of ether oxygens (including phenoxy) is 2. The van der Waals surface area contributed by atoms with Crippen LogP contribution in [0.2, 0.25) is 0 Å². The first-order valence-electron chi connectivity index (χ1n) is 11.9. The van der Waals surface area contributed by atoms with Gasteiger partial charge in [-0.2, -0.15) is 0 Å². The first kappa shape index (κ1) is 30.4. The second-order valence-electron chi connectivity index (χ2n) is 8.10. The molecule has 3 N–H and O–H groups in total. The molecule has 1 fully saturated rings. The predicted octanol–water partition coefficient (Wildman–Crippen LogP) is 3.46. The molecular formula is C28H33N3O6S. The highest BCUT2D eigenvalue weighted by molar-refractivity contribution is 7.13. The van der Waals surface area contributed by atoms with E-state index >= 15 is 0 Å². The minimum absolute atomic E-state index is 0.110. The van der Waals surface area contributed by atoms with E-state index in [2.05, 4.69) is 49.2 Å². The Hall–Kier alpha value is -3.86. The number of methoxy groups -OCH3 is 1. The number of hydrogen-bond donors (Lipinski definition) is 3. The number of carbonyl (C=O) groups is 4. The summed E-state index contributed by atoms with van der Waals surface area (Å²) in [4.78, 5) is 44.1. The average Bonchev–Trinajstić information content (AvgIpc) is 3.66. The average molecular weight is 540 g/mol. The third-order valence-corrected chi connectivity index (χ3v) is 6.40. The van der Waals surface area contributed by atoms with Crippen LogP contribution in [0.5, 0.6) is 0 Å². The number of rotatable bonds is 9. The first-order valence-corrected chi connectivity index (χ1v) is 12.8. The van der Waals surface area contributed by atoms with E-state index in [1.54, 1.807) is 24.5 Å². The van der Waals surface area contributed by atoms with Crippen molar-refractivity contribution in [3.05, 3.63) is 82.7 Å². The Bertz CT molecular complexity index is 1180. The van der Waals surface area contributed by atoms with Crippen LogP contribution in [0.4, 0.5) is 0 Å². The monoisotopic (exact) mass is 539 g/mol. The van der Waals surface area contributed by atoms with E-state index in [4.69, 9.17) is 4.79 Å². The highest BCUT2D eigenvalue weighted by Gasteiger charge is 2.31. The summed E-state index contributed by atoms with van der Waals surface area (Å²) in [6.07, 6.45) is 0.563. The zero-order chi connectivity index (χ0) is 27.9. The number of nitrogens with one attached hydrogen (secondary N) is 3. The summed E-state index contributed by atoms with van der Waals surface area (Å²) in [5, 5.41) is 5.15. The number of carbonyl (C=O) groups excluding carboxylic acids is 4. The molecule has 0 bridgehead atoms. The fraction of sp³-hybridized carbons (Fsp3) is 0.286. The predicted molar refractivity (Wildman–Crippen MR) is 146 cm³/mol. The minimum Gasteiger partial charge on any atom is -0.467 e. The molecule has 2 heterocycles. The molecule has 2 aromatic carbocycles. The fourth-order valence-electron chi connectivity index (χ4n) is 3.49. The summed E-state index contributed by atoms with van der Waals surface area (Å²) < 4.78 is 8.90. The lowest BCUT2D eigenvalue weighted by atomic mass is 10.0. The lowest BCUT2D eigenvalue weighted by molar-refractivity contribution is -0.142. The topological polar surface area (TPSA) is 126 Å². The number of aryl methyl sites for hydroxylation is 1. The van der Waals surface area contributed by atoms with Crippen molar-refractivity contribution >= 4 is 35.9 Å². The second kappa shape index (κ2) is 16.1. The molecular weight excluding hydrogens is 506 g/mol.